The number of furan rings is 1. The van der Waals surface area contributed by atoms with Crippen LogP contribution in [0.4, 0.5) is 0 Å². The van der Waals surface area contributed by atoms with Gasteiger partial charge in [-0.3, -0.25) is 4.79 Å². The number of halogens is 1. The van der Waals surface area contributed by atoms with Gasteiger partial charge >= 0.3 is 0 Å². The second-order valence-corrected chi connectivity index (χ2v) is 6.70. The third-order valence-electron chi connectivity index (χ3n) is 4.44. The molecule has 4 rings (SSSR count). The molecule has 2 aromatic heterocycles. The van der Waals surface area contributed by atoms with Crippen LogP contribution in [-0.2, 0) is 0 Å². The fourth-order valence-electron chi connectivity index (χ4n) is 3.04. The Morgan fingerprint density at radius 2 is 1.89 bits per heavy atom. The van der Waals surface area contributed by atoms with E-state index in [-0.39, 0.29) is 12.5 Å². The number of pyridine rings is 1. The van der Waals surface area contributed by atoms with Gasteiger partial charge in [0.05, 0.1) is 29.6 Å². The smallest absolute Gasteiger partial charge is 0.252 e. The zero-order valence-electron chi connectivity index (χ0n) is 14.8. The van der Waals surface area contributed by atoms with Crippen molar-refractivity contribution in [1.82, 2.24) is 10.3 Å². The monoisotopic (exact) mass is 392 g/mol. The summed E-state index contributed by atoms with van der Waals surface area (Å²) in [4.78, 5) is 17.5. The van der Waals surface area contributed by atoms with Crippen LogP contribution in [0.5, 0.6) is 0 Å². The summed E-state index contributed by atoms with van der Waals surface area (Å²) in [5, 5.41) is 14.2. The highest BCUT2D eigenvalue weighted by atomic mass is 35.5. The molecule has 0 spiro atoms. The molecular formula is C22H17ClN2O3. The second-order valence-electron chi connectivity index (χ2n) is 6.29. The molecule has 0 aliphatic carbocycles. The van der Waals surface area contributed by atoms with Crippen molar-refractivity contribution in [2.45, 2.75) is 6.10 Å². The van der Waals surface area contributed by atoms with Crippen molar-refractivity contribution in [2.75, 3.05) is 6.54 Å². The van der Waals surface area contributed by atoms with Gasteiger partial charge in [-0.25, -0.2) is 4.98 Å². The minimum absolute atomic E-state index is 0.0322. The molecule has 2 aromatic carbocycles. The maximum absolute atomic E-state index is 12.9. The highest BCUT2D eigenvalue weighted by Gasteiger charge is 2.17. The van der Waals surface area contributed by atoms with E-state index in [1.165, 1.54) is 6.26 Å². The van der Waals surface area contributed by atoms with E-state index < -0.39 is 6.10 Å². The fraction of sp³-hybridized carbons (Fsp3) is 0.0909. The molecule has 1 atom stereocenters. The number of benzene rings is 2. The minimum Gasteiger partial charge on any atom is -0.467 e. The van der Waals surface area contributed by atoms with Crippen molar-refractivity contribution < 1.29 is 14.3 Å². The SMILES string of the molecule is O=C(NCC(O)c1ccco1)c1cc(-c2ccccc2Cl)nc2ccccc12. The number of aliphatic hydroxyl groups is 1. The van der Waals surface area contributed by atoms with Crippen LogP contribution in [0.1, 0.15) is 22.2 Å². The number of rotatable bonds is 5. The summed E-state index contributed by atoms with van der Waals surface area (Å²) in [7, 11) is 0. The van der Waals surface area contributed by atoms with Crippen molar-refractivity contribution in [2.24, 2.45) is 0 Å². The second kappa shape index (κ2) is 7.84. The molecule has 0 aliphatic rings. The molecule has 140 valence electrons. The van der Waals surface area contributed by atoms with Gasteiger partial charge in [0, 0.05) is 16.0 Å². The zero-order chi connectivity index (χ0) is 19.5. The normalized spacial score (nSPS) is 12.1. The molecule has 0 radical (unpaired) electrons. The number of carbonyl (C=O) groups is 1. The number of para-hydroxylation sites is 1. The number of hydrogen-bond acceptors (Lipinski definition) is 4. The molecule has 4 aromatic rings. The van der Waals surface area contributed by atoms with E-state index in [1.807, 2.05) is 42.5 Å². The molecule has 5 nitrogen and oxygen atoms in total. The number of carbonyl (C=O) groups excluding carboxylic acids is 1. The third kappa shape index (κ3) is 3.63. The molecule has 28 heavy (non-hydrogen) atoms. The summed E-state index contributed by atoms with van der Waals surface area (Å²) in [5.41, 5.74) is 2.52. The Balaban J connectivity index is 1.69. The lowest BCUT2D eigenvalue weighted by Crippen LogP contribution is -2.28. The van der Waals surface area contributed by atoms with Crippen molar-refractivity contribution in [3.63, 3.8) is 0 Å². The van der Waals surface area contributed by atoms with E-state index >= 15 is 0 Å². The van der Waals surface area contributed by atoms with E-state index in [1.54, 1.807) is 24.3 Å². The van der Waals surface area contributed by atoms with Gasteiger partial charge in [0.2, 0.25) is 0 Å². The number of amides is 1. The summed E-state index contributed by atoms with van der Waals surface area (Å²) < 4.78 is 5.17. The summed E-state index contributed by atoms with van der Waals surface area (Å²) >= 11 is 6.32. The maximum atomic E-state index is 12.9. The molecular weight excluding hydrogens is 376 g/mol. The Kier molecular flexibility index (Phi) is 5.10. The first-order valence-electron chi connectivity index (χ1n) is 8.78. The lowest BCUT2D eigenvalue weighted by molar-refractivity contribution is 0.0902. The number of aromatic nitrogens is 1. The van der Waals surface area contributed by atoms with Gasteiger partial charge in [-0.1, -0.05) is 48.0 Å². The van der Waals surface area contributed by atoms with Gasteiger partial charge in [-0.05, 0) is 30.3 Å². The quantitative estimate of drug-likeness (QED) is 0.520. The first-order chi connectivity index (χ1) is 13.6. The summed E-state index contributed by atoms with van der Waals surface area (Å²) in [6.45, 7) is 0.0322. The van der Waals surface area contributed by atoms with Gasteiger partial charge in [-0.2, -0.15) is 0 Å². The van der Waals surface area contributed by atoms with Crippen LogP contribution < -0.4 is 5.32 Å². The fourth-order valence-corrected chi connectivity index (χ4v) is 3.27. The number of nitrogens with one attached hydrogen (secondary N) is 1. The molecule has 0 bridgehead atoms. The Bertz CT molecular complexity index is 1130. The first-order valence-corrected chi connectivity index (χ1v) is 9.15. The predicted molar refractivity (Wildman–Crippen MR) is 108 cm³/mol. The molecule has 2 heterocycles. The van der Waals surface area contributed by atoms with Crippen molar-refractivity contribution in [3.05, 3.63) is 89.3 Å². The summed E-state index contributed by atoms with van der Waals surface area (Å²) in [6.07, 6.45) is 0.558. The van der Waals surface area contributed by atoms with Gasteiger partial charge < -0.3 is 14.8 Å². The predicted octanol–water partition coefficient (Wildman–Crippen LogP) is 4.61. The van der Waals surface area contributed by atoms with Crippen LogP contribution in [0.15, 0.2) is 77.4 Å². The van der Waals surface area contributed by atoms with E-state index in [2.05, 4.69) is 10.3 Å². The number of nitrogens with zero attached hydrogens (tertiary/aromatic N) is 1. The standard InChI is InChI=1S/C22H17ClN2O3/c23-17-8-3-1-7-15(17)19-12-16(14-6-2-4-9-18(14)25-19)22(27)24-13-20(26)21-10-5-11-28-21/h1-12,20,26H,13H2,(H,24,27). The van der Waals surface area contributed by atoms with Gasteiger partial charge in [0.1, 0.15) is 11.9 Å². The molecule has 0 aliphatic heterocycles. The molecule has 6 heteroatoms. The first kappa shape index (κ1) is 18.2. The van der Waals surface area contributed by atoms with Crippen molar-refractivity contribution in [3.8, 4) is 11.3 Å². The molecule has 1 amide bonds. The van der Waals surface area contributed by atoms with Crippen LogP contribution in [0.3, 0.4) is 0 Å². The van der Waals surface area contributed by atoms with Crippen LogP contribution in [0.2, 0.25) is 5.02 Å². The maximum Gasteiger partial charge on any atom is 0.252 e. The zero-order valence-corrected chi connectivity index (χ0v) is 15.6. The van der Waals surface area contributed by atoms with E-state index in [0.717, 1.165) is 10.9 Å². The Labute approximate surface area is 166 Å². The highest BCUT2D eigenvalue weighted by Crippen LogP contribution is 2.29. The van der Waals surface area contributed by atoms with Gasteiger partial charge in [0.25, 0.3) is 5.91 Å². The molecule has 2 N–H and O–H groups in total. The Morgan fingerprint density at radius 3 is 2.68 bits per heavy atom. The van der Waals surface area contributed by atoms with E-state index in [4.69, 9.17) is 16.0 Å². The minimum atomic E-state index is -0.921. The average molecular weight is 393 g/mol. The highest BCUT2D eigenvalue weighted by molar-refractivity contribution is 6.33. The van der Waals surface area contributed by atoms with Crippen molar-refractivity contribution in [1.29, 1.82) is 0 Å². The number of aliphatic hydroxyl groups excluding tert-OH is 1. The van der Waals surface area contributed by atoms with Crippen LogP contribution in [0.25, 0.3) is 22.2 Å². The Morgan fingerprint density at radius 1 is 1.11 bits per heavy atom. The molecule has 0 saturated carbocycles. The number of hydrogen-bond donors (Lipinski definition) is 2. The summed E-state index contributed by atoms with van der Waals surface area (Å²) in [5.74, 6) is 0.0918. The lowest BCUT2D eigenvalue weighted by Gasteiger charge is -2.13. The van der Waals surface area contributed by atoms with Crippen LogP contribution in [0, 0.1) is 0 Å². The van der Waals surface area contributed by atoms with Gasteiger partial charge in [0.15, 0.2) is 0 Å². The van der Waals surface area contributed by atoms with Crippen molar-refractivity contribution >= 4 is 28.4 Å². The average Bonchev–Trinajstić information content (AvgIpc) is 3.26. The topological polar surface area (TPSA) is 75.4 Å². The molecule has 1 unspecified atom stereocenters. The summed E-state index contributed by atoms with van der Waals surface area (Å²) in [6, 6.07) is 19.9. The van der Waals surface area contributed by atoms with E-state index in [9.17, 15) is 9.90 Å². The third-order valence-corrected chi connectivity index (χ3v) is 4.77. The van der Waals surface area contributed by atoms with Crippen LogP contribution >= 0.6 is 11.6 Å². The van der Waals surface area contributed by atoms with Crippen LogP contribution in [-0.4, -0.2) is 22.5 Å². The lowest BCUT2D eigenvalue weighted by atomic mass is 10.0. The Hall–Kier alpha value is -3.15. The largest absolute Gasteiger partial charge is 0.467 e. The molecule has 0 fully saturated rings. The number of fused-ring (bicyclic) bond motifs is 1. The van der Waals surface area contributed by atoms with E-state index in [0.29, 0.717) is 27.6 Å². The van der Waals surface area contributed by atoms with Gasteiger partial charge in [-0.15, -0.1) is 0 Å². The molecule has 0 saturated heterocycles.